The second kappa shape index (κ2) is 3.73. The van der Waals surface area contributed by atoms with Crippen molar-refractivity contribution in [3.05, 3.63) is 16.3 Å². The molecule has 2 N–H and O–H groups in total. The van der Waals surface area contributed by atoms with E-state index in [1.165, 1.54) is 23.4 Å². The number of rotatable bonds is 0. The zero-order valence-corrected chi connectivity index (χ0v) is 12.4. The topological polar surface area (TPSA) is 43.3 Å². The van der Waals surface area contributed by atoms with Crippen LogP contribution in [-0.4, -0.2) is 9.38 Å². The van der Waals surface area contributed by atoms with Gasteiger partial charge in [-0.3, -0.25) is 4.40 Å². The molecule has 0 fully saturated rings. The van der Waals surface area contributed by atoms with Crippen LogP contribution in [0.15, 0.2) is 0 Å². The Morgan fingerprint density at radius 3 is 2.78 bits per heavy atom. The standard InChI is InChI=1S/C14H21N3S/c1-8-12(15)17-10-6-5-9(14(2,3)4)7-11(10)18-13(17)16-8/h9H,5-7,15H2,1-4H3. The fraction of sp³-hybridized carbons (Fsp3) is 0.643. The Labute approximate surface area is 112 Å². The molecule has 0 amide bonds. The lowest BCUT2D eigenvalue weighted by molar-refractivity contribution is 0.216. The summed E-state index contributed by atoms with van der Waals surface area (Å²) in [5.41, 5.74) is 8.90. The average Bonchev–Trinajstić information content (AvgIpc) is 2.75. The lowest BCUT2D eigenvalue weighted by Crippen LogP contribution is -2.26. The van der Waals surface area contributed by atoms with E-state index >= 15 is 0 Å². The molecule has 3 rings (SSSR count). The molecule has 0 radical (unpaired) electrons. The van der Waals surface area contributed by atoms with E-state index in [-0.39, 0.29) is 0 Å². The maximum Gasteiger partial charge on any atom is 0.196 e. The van der Waals surface area contributed by atoms with E-state index in [9.17, 15) is 0 Å². The summed E-state index contributed by atoms with van der Waals surface area (Å²) in [7, 11) is 0. The van der Waals surface area contributed by atoms with Gasteiger partial charge in [-0.05, 0) is 37.5 Å². The molecule has 1 unspecified atom stereocenters. The Kier molecular flexibility index (Phi) is 2.49. The number of nitrogens with two attached hydrogens (primary N) is 1. The predicted molar refractivity (Wildman–Crippen MR) is 77.2 cm³/mol. The van der Waals surface area contributed by atoms with Gasteiger partial charge >= 0.3 is 0 Å². The van der Waals surface area contributed by atoms with Gasteiger partial charge in [0.2, 0.25) is 0 Å². The minimum absolute atomic E-state index is 0.394. The van der Waals surface area contributed by atoms with Gasteiger partial charge in [0, 0.05) is 10.6 Å². The number of thiazole rings is 1. The Balaban J connectivity index is 2.06. The molecule has 1 atom stereocenters. The van der Waals surface area contributed by atoms with E-state index in [4.69, 9.17) is 5.73 Å². The molecule has 0 aliphatic heterocycles. The molecular weight excluding hydrogens is 242 g/mol. The normalized spacial score (nSPS) is 20.3. The molecule has 0 saturated heterocycles. The summed E-state index contributed by atoms with van der Waals surface area (Å²) in [6.07, 6.45) is 3.58. The molecule has 2 heterocycles. The quantitative estimate of drug-likeness (QED) is 0.791. The first-order valence-electron chi connectivity index (χ1n) is 6.63. The average molecular weight is 263 g/mol. The fourth-order valence-electron chi connectivity index (χ4n) is 2.93. The number of imidazole rings is 1. The van der Waals surface area contributed by atoms with E-state index in [2.05, 4.69) is 30.2 Å². The van der Waals surface area contributed by atoms with Crippen LogP contribution in [0, 0.1) is 18.3 Å². The van der Waals surface area contributed by atoms with Crippen LogP contribution in [0.2, 0.25) is 0 Å². The summed E-state index contributed by atoms with van der Waals surface area (Å²) >= 11 is 1.83. The molecule has 98 valence electrons. The van der Waals surface area contributed by atoms with Gasteiger partial charge in [0.25, 0.3) is 0 Å². The Morgan fingerprint density at radius 2 is 2.11 bits per heavy atom. The summed E-state index contributed by atoms with van der Waals surface area (Å²) in [5, 5.41) is 0. The first-order chi connectivity index (χ1) is 8.38. The minimum atomic E-state index is 0.394. The van der Waals surface area contributed by atoms with Crippen molar-refractivity contribution in [1.29, 1.82) is 0 Å². The van der Waals surface area contributed by atoms with Gasteiger partial charge in [-0.15, -0.1) is 11.3 Å². The van der Waals surface area contributed by atoms with Gasteiger partial charge in [0.15, 0.2) is 4.96 Å². The number of nitrogens with zero attached hydrogens (tertiary/aromatic N) is 2. The fourth-order valence-corrected chi connectivity index (χ4v) is 4.22. The maximum atomic E-state index is 6.13. The van der Waals surface area contributed by atoms with Crippen molar-refractivity contribution in [3.63, 3.8) is 0 Å². The van der Waals surface area contributed by atoms with E-state index in [0.717, 1.165) is 28.8 Å². The molecular formula is C14H21N3S. The van der Waals surface area contributed by atoms with Gasteiger partial charge in [-0.1, -0.05) is 20.8 Å². The van der Waals surface area contributed by atoms with Crippen LogP contribution in [0.25, 0.3) is 4.96 Å². The molecule has 18 heavy (non-hydrogen) atoms. The van der Waals surface area contributed by atoms with Gasteiger partial charge in [-0.25, -0.2) is 4.98 Å². The molecule has 3 nitrogen and oxygen atoms in total. The zero-order valence-electron chi connectivity index (χ0n) is 11.6. The summed E-state index contributed by atoms with van der Waals surface area (Å²) in [4.78, 5) is 7.13. The van der Waals surface area contributed by atoms with Crippen LogP contribution in [-0.2, 0) is 12.8 Å². The highest BCUT2D eigenvalue weighted by Gasteiger charge is 2.31. The number of aromatic nitrogens is 2. The van der Waals surface area contributed by atoms with E-state index in [1.54, 1.807) is 0 Å². The highest BCUT2D eigenvalue weighted by Crippen LogP contribution is 2.41. The molecule has 2 aromatic rings. The molecule has 0 aromatic carbocycles. The smallest absolute Gasteiger partial charge is 0.196 e. The van der Waals surface area contributed by atoms with Crippen LogP contribution >= 0.6 is 11.3 Å². The number of aryl methyl sites for hydroxylation is 2. The van der Waals surface area contributed by atoms with E-state index in [0.29, 0.717) is 5.41 Å². The molecule has 0 spiro atoms. The summed E-state index contributed by atoms with van der Waals surface area (Å²) in [6, 6.07) is 0. The third-order valence-corrected chi connectivity index (χ3v) is 5.36. The van der Waals surface area contributed by atoms with Crippen LogP contribution in [0.4, 0.5) is 5.82 Å². The van der Waals surface area contributed by atoms with Crippen molar-refractivity contribution < 1.29 is 0 Å². The summed E-state index contributed by atoms with van der Waals surface area (Å²) in [6.45, 7) is 9.03. The van der Waals surface area contributed by atoms with Gasteiger partial charge < -0.3 is 5.73 Å². The first kappa shape index (κ1) is 12.0. The molecule has 4 heteroatoms. The van der Waals surface area contributed by atoms with Crippen molar-refractivity contribution >= 4 is 22.1 Å². The number of hydrogen-bond acceptors (Lipinski definition) is 3. The van der Waals surface area contributed by atoms with Gasteiger partial charge in [0.05, 0.1) is 5.69 Å². The van der Waals surface area contributed by atoms with E-state index in [1.807, 2.05) is 18.3 Å². The van der Waals surface area contributed by atoms with Gasteiger partial charge in [0.1, 0.15) is 5.82 Å². The largest absolute Gasteiger partial charge is 0.383 e. The van der Waals surface area contributed by atoms with Crippen molar-refractivity contribution in [2.24, 2.45) is 11.3 Å². The highest BCUT2D eigenvalue weighted by atomic mass is 32.1. The minimum Gasteiger partial charge on any atom is -0.383 e. The number of nitrogen functional groups attached to an aromatic ring is 1. The molecule has 1 aliphatic carbocycles. The van der Waals surface area contributed by atoms with Crippen LogP contribution in [0.5, 0.6) is 0 Å². The van der Waals surface area contributed by atoms with Crippen molar-refractivity contribution in [3.8, 4) is 0 Å². The molecule has 1 aliphatic rings. The third-order valence-electron chi connectivity index (χ3n) is 4.26. The Hall–Kier alpha value is -1.03. The van der Waals surface area contributed by atoms with Crippen LogP contribution in [0.1, 0.15) is 43.5 Å². The number of hydrogen-bond donors (Lipinski definition) is 1. The predicted octanol–water partition coefficient (Wildman–Crippen LogP) is 3.44. The third kappa shape index (κ3) is 1.66. The van der Waals surface area contributed by atoms with Crippen molar-refractivity contribution in [1.82, 2.24) is 9.38 Å². The number of anilines is 1. The lowest BCUT2D eigenvalue weighted by atomic mass is 9.73. The second-order valence-electron chi connectivity index (χ2n) is 6.48. The summed E-state index contributed by atoms with van der Waals surface area (Å²) < 4.78 is 2.17. The Morgan fingerprint density at radius 1 is 1.39 bits per heavy atom. The molecule has 2 aromatic heterocycles. The van der Waals surface area contributed by atoms with E-state index < -0.39 is 0 Å². The number of fused-ring (bicyclic) bond motifs is 3. The summed E-state index contributed by atoms with van der Waals surface area (Å²) in [5.74, 6) is 1.60. The van der Waals surface area contributed by atoms with Crippen LogP contribution in [0.3, 0.4) is 0 Å². The monoisotopic (exact) mass is 263 g/mol. The first-order valence-corrected chi connectivity index (χ1v) is 7.44. The van der Waals surface area contributed by atoms with Crippen molar-refractivity contribution in [2.75, 3.05) is 5.73 Å². The molecule has 0 bridgehead atoms. The van der Waals surface area contributed by atoms with Crippen LogP contribution < -0.4 is 5.73 Å². The lowest BCUT2D eigenvalue weighted by Gasteiger charge is -2.33. The second-order valence-corrected chi connectivity index (χ2v) is 7.54. The SMILES string of the molecule is Cc1nc2sc3c(n2c1N)CCC(C(C)(C)C)C3. The van der Waals surface area contributed by atoms with Gasteiger partial charge in [-0.2, -0.15) is 0 Å². The molecule has 0 saturated carbocycles. The maximum absolute atomic E-state index is 6.13. The Bertz CT molecular complexity index is 601. The van der Waals surface area contributed by atoms with Crippen molar-refractivity contribution in [2.45, 2.75) is 47.0 Å². The highest BCUT2D eigenvalue weighted by molar-refractivity contribution is 7.17. The zero-order chi connectivity index (χ0) is 13.1.